The Balaban J connectivity index is 1.67. The number of hydrogen-bond donors (Lipinski definition) is 0. The van der Waals surface area contributed by atoms with Crippen LogP contribution >= 0.6 is 0 Å². The van der Waals surface area contributed by atoms with E-state index in [1.165, 1.54) is 6.20 Å². The van der Waals surface area contributed by atoms with E-state index in [1.54, 1.807) is 11.6 Å². The lowest BCUT2D eigenvalue weighted by molar-refractivity contribution is -0.141. The first kappa shape index (κ1) is 15.7. The van der Waals surface area contributed by atoms with Gasteiger partial charge in [0.2, 0.25) is 5.95 Å². The standard InChI is InChI=1S/C14H15F4N5/c1-22(13-5-19-11(15)4-20-13)6-9-2-3-12-21-10(14(16,17)18)8-23(12)7-9/h4-5,8-9H,2-3,6-7H2,1H3. The van der Waals surface area contributed by atoms with Gasteiger partial charge in [0, 0.05) is 32.8 Å². The van der Waals surface area contributed by atoms with Crippen LogP contribution in [-0.2, 0) is 19.1 Å². The van der Waals surface area contributed by atoms with Gasteiger partial charge >= 0.3 is 6.18 Å². The van der Waals surface area contributed by atoms with Crippen molar-refractivity contribution in [2.75, 3.05) is 18.5 Å². The fourth-order valence-electron chi connectivity index (χ4n) is 2.78. The Morgan fingerprint density at radius 2 is 2.09 bits per heavy atom. The van der Waals surface area contributed by atoms with E-state index in [2.05, 4.69) is 15.0 Å². The summed E-state index contributed by atoms with van der Waals surface area (Å²) >= 11 is 0. The van der Waals surface area contributed by atoms with E-state index in [0.717, 1.165) is 18.8 Å². The van der Waals surface area contributed by atoms with Crippen LogP contribution in [0.1, 0.15) is 17.9 Å². The van der Waals surface area contributed by atoms with Gasteiger partial charge in [0.25, 0.3) is 0 Å². The third-order valence-electron chi connectivity index (χ3n) is 3.91. The molecular formula is C14H15F4N5. The highest BCUT2D eigenvalue weighted by Crippen LogP contribution is 2.31. The van der Waals surface area contributed by atoms with Crippen molar-refractivity contribution < 1.29 is 17.6 Å². The monoisotopic (exact) mass is 329 g/mol. The highest BCUT2D eigenvalue weighted by molar-refractivity contribution is 5.33. The highest BCUT2D eigenvalue weighted by Gasteiger charge is 2.35. The number of fused-ring (bicyclic) bond motifs is 1. The minimum atomic E-state index is -4.42. The smallest absolute Gasteiger partial charge is 0.358 e. The molecule has 1 aliphatic heterocycles. The first-order valence-corrected chi connectivity index (χ1v) is 7.15. The van der Waals surface area contributed by atoms with Crippen LogP contribution in [0.2, 0.25) is 0 Å². The maximum absolute atomic E-state index is 12.8. The number of halogens is 4. The summed E-state index contributed by atoms with van der Waals surface area (Å²) in [5.74, 6) is 0.508. The number of alkyl halides is 3. The van der Waals surface area contributed by atoms with Crippen molar-refractivity contribution in [3.63, 3.8) is 0 Å². The van der Waals surface area contributed by atoms with E-state index in [9.17, 15) is 17.6 Å². The van der Waals surface area contributed by atoms with Gasteiger partial charge in [-0.2, -0.15) is 17.6 Å². The maximum Gasteiger partial charge on any atom is 0.434 e. The van der Waals surface area contributed by atoms with Crippen molar-refractivity contribution in [2.24, 2.45) is 5.92 Å². The summed E-state index contributed by atoms with van der Waals surface area (Å²) in [5.41, 5.74) is -0.842. The summed E-state index contributed by atoms with van der Waals surface area (Å²) in [6.07, 6.45) is 0.273. The Morgan fingerprint density at radius 1 is 1.30 bits per heavy atom. The minimum absolute atomic E-state index is 0.162. The van der Waals surface area contributed by atoms with Gasteiger partial charge in [-0.05, 0) is 12.3 Å². The minimum Gasteiger partial charge on any atom is -0.358 e. The van der Waals surface area contributed by atoms with Gasteiger partial charge in [-0.25, -0.2) is 15.0 Å². The zero-order chi connectivity index (χ0) is 16.6. The van der Waals surface area contributed by atoms with Crippen molar-refractivity contribution in [1.29, 1.82) is 0 Å². The van der Waals surface area contributed by atoms with E-state index in [1.807, 2.05) is 4.90 Å². The molecule has 9 heteroatoms. The SMILES string of the molecule is CN(CC1CCc2nc(C(F)(F)F)cn2C1)c1cnc(F)cn1. The van der Waals surface area contributed by atoms with Gasteiger partial charge < -0.3 is 9.47 Å². The van der Waals surface area contributed by atoms with Crippen LogP contribution in [0.5, 0.6) is 0 Å². The molecule has 0 N–H and O–H groups in total. The molecule has 0 radical (unpaired) electrons. The van der Waals surface area contributed by atoms with E-state index in [4.69, 9.17) is 0 Å². The van der Waals surface area contributed by atoms with Gasteiger partial charge in [0.1, 0.15) is 11.6 Å². The Labute approximate surface area is 130 Å². The molecule has 0 spiro atoms. The molecule has 0 aliphatic carbocycles. The predicted molar refractivity (Wildman–Crippen MR) is 74.3 cm³/mol. The summed E-state index contributed by atoms with van der Waals surface area (Å²) in [4.78, 5) is 13.0. The lowest BCUT2D eigenvalue weighted by Crippen LogP contribution is -2.32. The molecule has 1 atom stereocenters. The molecule has 3 heterocycles. The first-order chi connectivity index (χ1) is 10.8. The molecule has 124 valence electrons. The molecule has 0 saturated heterocycles. The van der Waals surface area contributed by atoms with Crippen molar-refractivity contribution in [1.82, 2.24) is 19.5 Å². The topological polar surface area (TPSA) is 46.8 Å². The largest absolute Gasteiger partial charge is 0.434 e. The number of hydrogen-bond acceptors (Lipinski definition) is 4. The lowest BCUT2D eigenvalue weighted by atomic mass is 9.99. The average Bonchev–Trinajstić information content (AvgIpc) is 2.91. The van der Waals surface area contributed by atoms with Crippen LogP contribution in [0.3, 0.4) is 0 Å². The molecule has 2 aromatic heterocycles. The normalized spacial score (nSPS) is 17.9. The summed E-state index contributed by atoms with van der Waals surface area (Å²) in [5, 5.41) is 0. The number of anilines is 1. The quantitative estimate of drug-likeness (QED) is 0.812. The van der Waals surface area contributed by atoms with E-state index in [0.29, 0.717) is 31.2 Å². The molecule has 3 rings (SSSR count). The van der Waals surface area contributed by atoms with Crippen LogP contribution in [0, 0.1) is 11.9 Å². The molecule has 0 bridgehead atoms. The molecule has 1 aliphatic rings. The fourth-order valence-corrected chi connectivity index (χ4v) is 2.78. The Bertz CT molecular complexity index is 679. The molecule has 0 fully saturated rings. The number of imidazole rings is 1. The highest BCUT2D eigenvalue weighted by atomic mass is 19.4. The summed E-state index contributed by atoms with van der Waals surface area (Å²) in [6, 6.07) is 0. The number of rotatable bonds is 3. The van der Waals surface area contributed by atoms with Gasteiger partial charge in [0.05, 0.1) is 12.4 Å². The zero-order valence-electron chi connectivity index (χ0n) is 12.4. The second-order valence-electron chi connectivity index (χ2n) is 5.68. The van der Waals surface area contributed by atoms with E-state index in [-0.39, 0.29) is 5.92 Å². The van der Waals surface area contributed by atoms with Gasteiger partial charge in [0.15, 0.2) is 5.69 Å². The maximum atomic E-state index is 12.8. The Morgan fingerprint density at radius 3 is 2.74 bits per heavy atom. The van der Waals surface area contributed by atoms with Crippen molar-refractivity contribution in [3.8, 4) is 0 Å². The summed E-state index contributed by atoms with van der Waals surface area (Å²) in [7, 11) is 1.80. The first-order valence-electron chi connectivity index (χ1n) is 7.15. The van der Waals surface area contributed by atoms with Crippen LogP contribution < -0.4 is 4.90 Å². The molecular weight excluding hydrogens is 314 g/mol. The summed E-state index contributed by atoms with van der Waals surface area (Å²) < 4.78 is 52.5. The zero-order valence-corrected chi connectivity index (χ0v) is 12.4. The number of aryl methyl sites for hydroxylation is 1. The van der Waals surface area contributed by atoms with E-state index < -0.39 is 17.8 Å². The van der Waals surface area contributed by atoms with Crippen LogP contribution in [0.25, 0.3) is 0 Å². The average molecular weight is 329 g/mol. The summed E-state index contributed by atoms with van der Waals surface area (Å²) in [6.45, 7) is 1.07. The van der Waals surface area contributed by atoms with Gasteiger partial charge in [-0.15, -0.1) is 0 Å². The van der Waals surface area contributed by atoms with Crippen LogP contribution in [-0.4, -0.2) is 33.1 Å². The Kier molecular flexibility index (Phi) is 3.95. The third-order valence-corrected chi connectivity index (χ3v) is 3.91. The number of aromatic nitrogens is 4. The van der Waals surface area contributed by atoms with Crippen molar-refractivity contribution in [3.05, 3.63) is 36.1 Å². The Hall–Kier alpha value is -2.19. The second kappa shape index (κ2) is 5.78. The molecule has 23 heavy (non-hydrogen) atoms. The third kappa shape index (κ3) is 3.43. The molecule has 1 unspecified atom stereocenters. The predicted octanol–water partition coefficient (Wildman–Crippen LogP) is 2.53. The second-order valence-corrected chi connectivity index (χ2v) is 5.68. The van der Waals surface area contributed by atoms with E-state index >= 15 is 0 Å². The van der Waals surface area contributed by atoms with Crippen LogP contribution in [0.15, 0.2) is 18.6 Å². The van der Waals surface area contributed by atoms with Gasteiger partial charge in [-0.1, -0.05) is 0 Å². The van der Waals surface area contributed by atoms with Gasteiger partial charge in [-0.3, -0.25) is 0 Å². The fraction of sp³-hybridized carbons (Fsp3) is 0.500. The van der Waals surface area contributed by atoms with Crippen molar-refractivity contribution in [2.45, 2.75) is 25.6 Å². The molecule has 0 aromatic carbocycles. The molecule has 5 nitrogen and oxygen atoms in total. The number of nitrogens with zero attached hydrogens (tertiary/aromatic N) is 5. The molecule has 0 amide bonds. The van der Waals surface area contributed by atoms with Crippen LogP contribution in [0.4, 0.5) is 23.4 Å². The van der Waals surface area contributed by atoms with Crippen molar-refractivity contribution >= 4 is 5.82 Å². The molecule has 2 aromatic rings. The lowest BCUT2D eigenvalue weighted by Gasteiger charge is -2.28. The molecule has 0 saturated carbocycles.